The number of nitrogens with one attached hydrogen (secondary N) is 1. The Balaban J connectivity index is 1.44. The predicted molar refractivity (Wildman–Crippen MR) is 127 cm³/mol. The minimum absolute atomic E-state index is 0.0579. The molecule has 1 aliphatic heterocycles. The van der Waals surface area contributed by atoms with Crippen molar-refractivity contribution < 1.29 is 13.2 Å². The predicted octanol–water partition coefficient (Wildman–Crippen LogP) is 4.51. The van der Waals surface area contributed by atoms with E-state index < -0.39 is 10.0 Å². The van der Waals surface area contributed by atoms with Crippen molar-refractivity contribution in [2.75, 3.05) is 13.1 Å². The number of benzene rings is 2. The number of aryl methyl sites for hydroxylation is 3. The quantitative estimate of drug-likeness (QED) is 0.739. The van der Waals surface area contributed by atoms with E-state index in [0.717, 1.165) is 41.5 Å². The largest absolute Gasteiger partial charge is 0.349 e. The van der Waals surface area contributed by atoms with Gasteiger partial charge in [0.25, 0.3) is 0 Å². The average Bonchev–Trinajstić information content (AvgIpc) is 2.78. The van der Waals surface area contributed by atoms with Crippen LogP contribution < -0.4 is 5.32 Å². The van der Waals surface area contributed by atoms with Crippen LogP contribution in [0.3, 0.4) is 0 Å². The summed E-state index contributed by atoms with van der Waals surface area (Å²) in [6, 6.07) is 10.5. The molecule has 172 valence electrons. The number of hydrogen-bond acceptors (Lipinski definition) is 3. The molecule has 0 radical (unpaired) electrons. The zero-order chi connectivity index (χ0) is 23.0. The summed E-state index contributed by atoms with van der Waals surface area (Å²) in [6.45, 7) is 8.45. The lowest BCUT2D eigenvalue weighted by Gasteiger charge is -2.33. The van der Waals surface area contributed by atoms with Gasteiger partial charge in [0.15, 0.2) is 0 Å². The minimum Gasteiger partial charge on any atom is -0.349 e. The van der Waals surface area contributed by atoms with Gasteiger partial charge in [0, 0.05) is 19.0 Å². The number of carbonyl (C=O) groups excluding carboxylic acids is 1. The Bertz CT molecular complexity index is 1110. The summed E-state index contributed by atoms with van der Waals surface area (Å²) >= 11 is 0. The number of hydrogen-bond donors (Lipinski definition) is 1. The van der Waals surface area contributed by atoms with Crippen LogP contribution in [0.25, 0.3) is 0 Å². The normalized spacial score (nSPS) is 20.1. The van der Waals surface area contributed by atoms with E-state index in [4.69, 9.17) is 0 Å². The second-order valence-electron chi connectivity index (χ2n) is 9.42. The number of fused-ring (bicyclic) bond motifs is 1. The highest BCUT2D eigenvalue weighted by Gasteiger charge is 2.35. The molecule has 2 aromatic rings. The van der Waals surface area contributed by atoms with Gasteiger partial charge < -0.3 is 5.32 Å². The summed E-state index contributed by atoms with van der Waals surface area (Å²) in [4.78, 5) is 13.5. The molecule has 1 N–H and O–H groups in total. The molecule has 0 aromatic heterocycles. The maximum absolute atomic E-state index is 13.5. The van der Waals surface area contributed by atoms with E-state index >= 15 is 0 Å². The molecule has 5 nitrogen and oxygen atoms in total. The van der Waals surface area contributed by atoms with Gasteiger partial charge in [0.2, 0.25) is 15.9 Å². The fraction of sp³-hybridized carbons (Fsp3) is 0.500. The van der Waals surface area contributed by atoms with Gasteiger partial charge in [-0.2, -0.15) is 4.31 Å². The van der Waals surface area contributed by atoms with E-state index in [9.17, 15) is 13.2 Å². The van der Waals surface area contributed by atoms with Crippen LogP contribution in [0, 0.1) is 33.6 Å². The van der Waals surface area contributed by atoms with Gasteiger partial charge in [0.05, 0.1) is 10.9 Å². The SMILES string of the molecule is Cc1cc(C)c(C)c(S(=O)(=O)N2CCC(C(=O)N[C@@H]3CCCc4ccccc43)CC2)c1C. The Morgan fingerprint density at radius 3 is 2.25 bits per heavy atom. The highest BCUT2D eigenvalue weighted by atomic mass is 32.2. The number of piperidine rings is 1. The summed E-state index contributed by atoms with van der Waals surface area (Å²) in [5, 5.41) is 3.26. The van der Waals surface area contributed by atoms with Gasteiger partial charge >= 0.3 is 0 Å². The molecular weight excluding hydrogens is 420 g/mol. The summed E-state index contributed by atoms with van der Waals surface area (Å²) in [6.07, 6.45) is 4.22. The number of sulfonamides is 1. The van der Waals surface area contributed by atoms with Gasteiger partial charge in [-0.1, -0.05) is 30.3 Å². The first-order valence-corrected chi connectivity index (χ1v) is 13.1. The second-order valence-corrected chi connectivity index (χ2v) is 11.3. The number of carbonyl (C=O) groups is 1. The highest BCUT2D eigenvalue weighted by molar-refractivity contribution is 7.89. The van der Waals surface area contributed by atoms with Crippen LogP contribution >= 0.6 is 0 Å². The molecule has 0 bridgehead atoms. The third-order valence-electron chi connectivity index (χ3n) is 7.41. The molecule has 2 aromatic carbocycles. The van der Waals surface area contributed by atoms with Gasteiger partial charge in [0.1, 0.15) is 0 Å². The maximum Gasteiger partial charge on any atom is 0.243 e. The lowest BCUT2D eigenvalue weighted by Crippen LogP contribution is -2.44. The second kappa shape index (κ2) is 8.99. The molecule has 4 rings (SSSR count). The molecule has 1 fully saturated rings. The first kappa shape index (κ1) is 23.0. The van der Waals surface area contributed by atoms with E-state index in [2.05, 4.69) is 23.5 Å². The summed E-state index contributed by atoms with van der Waals surface area (Å²) in [7, 11) is -3.58. The van der Waals surface area contributed by atoms with Crippen LogP contribution in [0.4, 0.5) is 0 Å². The minimum atomic E-state index is -3.58. The smallest absolute Gasteiger partial charge is 0.243 e. The average molecular weight is 455 g/mol. The van der Waals surface area contributed by atoms with Crippen molar-refractivity contribution in [3.05, 3.63) is 63.7 Å². The molecule has 0 saturated carbocycles. The molecule has 1 heterocycles. The van der Waals surface area contributed by atoms with Gasteiger partial charge in [-0.05, 0) is 93.2 Å². The first-order chi connectivity index (χ1) is 15.2. The Morgan fingerprint density at radius 2 is 1.59 bits per heavy atom. The molecule has 2 aliphatic rings. The third-order valence-corrected chi connectivity index (χ3v) is 9.58. The maximum atomic E-state index is 13.5. The van der Waals surface area contributed by atoms with E-state index in [-0.39, 0.29) is 17.9 Å². The van der Waals surface area contributed by atoms with E-state index in [1.54, 1.807) is 4.31 Å². The molecule has 0 unspecified atom stereocenters. The van der Waals surface area contributed by atoms with Crippen molar-refractivity contribution in [3.63, 3.8) is 0 Å². The number of amides is 1. The molecule has 6 heteroatoms. The van der Waals surface area contributed by atoms with Crippen molar-refractivity contribution in [1.82, 2.24) is 9.62 Å². The van der Waals surface area contributed by atoms with E-state index in [1.807, 2.05) is 39.8 Å². The summed E-state index contributed by atoms with van der Waals surface area (Å²) < 4.78 is 28.5. The topological polar surface area (TPSA) is 66.5 Å². The summed E-state index contributed by atoms with van der Waals surface area (Å²) in [5.41, 5.74) is 6.19. The molecular formula is C26H34N2O3S. The van der Waals surface area contributed by atoms with Crippen LogP contribution in [-0.2, 0) is 21.2 Å². The molecule has 1 saturated heterocycles. The highest BCUT2D eigenvalue weighted by Crippen LogP contribution is 2.33. The van der Waals surface area contributed by atoms with Crippen LogP contribution in [0.5, 0.6) is 0 Å². The van der Waals surface area contributed by atoms with Crippen LogP contribution in [-0.4, -0.2) is 31.7 Å². The van der Waals surface area contributed by atoms with E-state index in [1.165, 1.54) is 11.1 Å². The Morgan fingerprint density at radius 1 is 0.969 bits per heavy atom. The Labute approximate surface area is 192 Å². The monoisotopic (exact) mass is 454 g/mol. The van der Waals surface area contributed by atoms with Crippen molar-refractivity contribution >= 4 is 15.9 Å². The standard InChI is InChI=1S/C26H34N2O3S/c1-17-16-18(2)20(4)25(19(17)3)32(30,31)28-14-12-22(13-15-28)26(29)27-24-11-7-9-21-8-5-6-10-23(21)24/h5-6,8,10,16,22,24H,7,9,11-15H2,1-4H3,(H,27,29)/t24-/m1/s1. The zero-order valence-electron chi connectivity index (χ0n) is 19.6. The number of nitrogens with zero attached hydrogens (tertiary/aromatic N) is 1. The number of rotatable bonds is 4. The Kier molecular flexibility index (Phi) is 6.46. The van der Waals surface area contributed by atoms with Gasteiger partial charge in [-0.25, -0.2) is 8.42 Å². The Hall–Kier alpha value is -2.18. The summed E-state index contributed by atoms with van der Waals surface area (Å²) in [5.74, 6) is -0.0838. The molecule has 32 heavy (non-hydrogen) atoms. The van der Waals surface area contributed by atoms with Crippen LogP contribution in [0.1, 0.15) is 65.1 Å². The van der Waals surface area contributed by atoms with Crippen molar-refractivity contribution in [2.24, 2.45) is 5.92 Å². The third kappa shape index (κ3) is 4.23. The molecule has 1 atom stereocenters. The lowest BCUT2D eigenvalue weighted by molar-refractivity contribution is -0.127. The molecule has 1 aliphatic carbocycles. The fourth-order valence-electron chi connectivity index (χ4n) is 5.25. The van der Waals surface area contributed by atoms with Gasteiger partial charge in [-0.3, -0.25) is 4.79 Å². The van der Waals surface area contributed by atoms with Crippen LogP contribution in [0.2, 0.25) is 0 Å². The van der Waals surface area contributed by atoms with Crippen LogP contribution in [0.15, 0.2) is 35.2 Å². The zero-order valence-corrected chi connectivity index (χ0v) is 20.4. The fourth-order valence-corrected chi connectivity index (χ4v) is 7.29. The van der Waals surface area contributed by atoms with Crippen molar-refractivity contribution in [2.45, 2.75) is 70.7 Å². The van der Waals surface area contributed by atoms with Crippen molar-refractivity contribution in [3.8, 4) is 0 Å². The van der Waals surface area contributed by atoms with E-state index in [0.29, 0.717) is 30.8 Å². The molecule has 1 amide bonds. The lowest BCUT2D eigenvalue weighted by atomic mass is 9.87. The van der Waals surface area contributed by atoms with Gasteiger partial charge in [-0.15, -0.1) is 0 Å². The first-order valence-electron chi connectivity index (χ1n) is 11.7. The molecule has 0 spiro atoms. The van der Waals surface area contributed by atoms with Crippen molar-refractivity contribution in [1.29, 1.82) is 0 Å².